The van der Waals surface area contributed by atoms with Gasteiger partial charge in [0.2, 0.25) is 0 Å². The summed E-state index contributed by atoms with van der Waals surface area (Å²) < 4.78 is 0. The molecule has 0 unspecified atom stereocenters. The largest absolute Gasteiger partial charge is 0.313 e. The molecule has 0 atom stereocenters. The van der Waals surface area contributed by atoms with E-state index in [1.165, 1.54) is 38.5 Å². The smallest absolute Gasteiger partial charge is 0.00167 e. The molecular formula is C10H21N. The van der Waals surface area contributed by atoms with Gasteiger partial charge in [-0.15, -0.1) is 0 Å². The van der Waals surface area contributed by atoms with Gasteiger partial charge in [-0.05, 0) is 25.0 Å². The molecule has 0 heterocycles. The summed E-state index contributed by atoms with van der Waals surface area (Å²) >= 11 is 0. The lowest BCUT2D eigenvalue weighted by Crippen LogP contribution is -2.00. The second kappa shape index (κ2) is 7.77. The van der Waals surface area contributed by atoms with Crippen molar-refractivity contribution in [2.45, 2.75) is 52.4 Å². The van der Waals surface area contributed by atoms with Crippen molar-refractivity contribution in [3.63, 3.8) is 0 Å². The molecule has 1 heteroatoms. The van der Waals surface area contributed by atoms with E-state index in [2.05, 4.69) is 13.8 Å². The predicted molar refractivity (Wildman–Crippen MR) is 51.3 cm³/mol. The highest BCUT2D eigenvalue weighted by molar-refractivity contribution is 5.56. The van der Waals surface area contributed by atoms with Crippen LogP contribution in [0.15, 0.2) is 0 Å². The Bertz CT molecular complexity index is 80.9. The molecule has 0 amide bonds. The van der Waals surface area contributed by atoms with Crippen LogP contribution in [0, 0.1) is 11.3 Å². The van der Waals surface area contributed by atoms with Crippen LogP contribution in [-0.2, 0) is 0 Å². The fraction of sp³-hybridized carbons (Fsp3) is 0.900. The van der Waals surface area contributed by atoms with E-state index in [1.807, 2.05) is 0 Å². The predicted octanol–water partition coefficient (Wildman–Crippen LogP) is 3.63. The lowest BCUT2D eigenvalue weighted by atomic mass is 9.97. The van der Waals surface area contributed by atoms with Crippen molar-refractivity contribution in [3.05, 3.63) is 0 Å². The Morgan fingerprint density at radius 3 is 1.82 bits per heavy atom. The molecule has 0 radical (unpaired) electrons. The van der Waals surface area contributed by atoms with Crippen molar-refractivity contribution in [1.29, 1.82) is 5.41 Å². The molecular weight excluding hydrogens is 134 g/mol. The van der Waals surface area contributed by atoms with Gasteiger partial charge in [0.25, 0.3) is 0 Å². The highest BCUT2D eigenvalue weighted by Crippen LogP contribution is 2.13. The van der Waals surface area contributed by atoms with Crippen molar-refractivity contribution >= 4 is 6.21 Å². The topological polar surface area (TPSA) is 23.9 Å². The zero-order chi connectivity index (χ0) is 8.53. The third kappa shape index (κ3) is 6.08. The maximum atomic E-state index is 7.19. The first-order valence-corrected chi connectivity index (χ1v) is 4.85. The van der Waals surface area contributed by atoms with Crippen LogP contribution in [0.4, 0.5) is 0 Å². The summed E-state index contributed by atoms with van der Waals surface area (Å²) in [7, 11) is 0. The van der Waals surface area contributed by atoms with Gasteiger partial charge in [-0.2, -0.15) is 0 Å². The Kier molecular flexibility index (Phi) is 7.54. The normalized spacial score (nSPS) is 10.5. The molecule has 1 nitrogen and oxygen atoms in total. The molecule has 0 aromatic carbocycles. The number of unbranched alkanes of at least 4 members (excludes halogenated alkanes) is 2. The molecule has 0 aliphatic heterocycles. The van der Waals surface area contributed by atoms with Crippen LogP contribution in [0.1, 0.15) is 52.4 Å². The zero-order valence-electron chi connectivity index (χ0n) is 7.90. The van der Waals surface area contributed by atoms with E-state index in [9.17, 15) is 0 Å². The maximum Gasteiger partial charge on any atom is -0.00167 e. The van der Waals surface area contributed by atoms with Crippen LogP contribution in [0.2, 0.25) is 0 Å². The van der Waals surface area contributed by atoms with Crippen molar-refractivity contribution in [2.75, 3.05) is 0 Å². The highest BCUT2D eigenvalue weighted by Gasteiger charge is 2.02. The number of hydrogen-bond acceptors (Lipinski definition) is 1. The molecule has 0 rings (SSSR count). The van der Waals surface area contributed by atoms with Crippen molar-refractivity contribution in [3.8, 4) is 0 Å². The van der Waals surface area contributed by atoms with Gasteiger partial charge in [-0.3, -0.25) is 0 Å². The first kappa shape index (κ1) is 10.7. The minimum Gasteiger partial charge on any atom is -0.313 e. The van der Waals surface area contributed by atoms with E-state index < -0.39 is 0 Å². The quantitative estimate of drug-likeness (QED) is 0.543. The molecule has 0 aliphatic rings. The zero-order valence-corrected chi connectivity index (χ0v) is 7.90. The van der Waals surface area contributed by atoms with Gasteiger partial charge in [0.15, 0.2) is 0 Å². The van der Waals surface area contributed by atoms with Gasteiger partial charge in [0.05, 0.1) is 0 Å². The lowest BCUT2D eigenvalue weighted by molar-refractivity contribution is 0.528. The Morgan fingerprint density at radius 2 is 1.55 bits per heavy atom. The van der Waals surface area contributed by atoms with E-state index in [0.717, 1.165) is 0 Å². The molecule has 0 bridgehead atoms. The molecule has 0 aromatic rings. The van der Waals surface area contributed by atoms with Crippen molar-refractivity contribution < 1.29 is 0 Å². The summed E-state index contributed by atoms with van der Waals surface area (Å²) in [5.74, 6) is 0.565. The molecule has 0 spiro atoms. The Labute approximate surface area is 70.7 Å². The van der Waals surface area contributed by atoms with Crippen LogP contribution in [0.5, 0.6) is 0 Å². The van der Waals surface area contributed by atoms with Crippen LogP contribution in [0.3, 0.4) is 0 Å². The summed E-state index contributed by atoms with van der Waals surface area (Å²) in [6.45, 7) is 4.42. The van der Waals surface area contributed by atoms with Crippen LogP contribution in [-0.4, -0.2) is 6.21 Å². The van der Waals surface area contributed by atoms with Gasteiger partial charge in [-0.25, -0.2) is 0 Å². The van der Waals surface area contributed by atoms with Gasteiger partial charge in [-0.1, -0.05) is 39.5 Å². The van der Waals surface area contributed by atoms with Crippen molar-refractivity contribution in [2.24, 2.45) is 5.92 Å². The molecule has 0 saturated heterocycles. The van der Waals surface area contributed by atoms with E-state index in [1.54, 1.807) is 6.21 Å². The van der Waals surface area contributed by atoms with E-state index in [4.69, 9.17) is 5.41 Å². The minimum absolute atomic E-state index is 0.565. The standard InChI is InChI=1S/C10H21N/c1-3-5-7-10(9-11)8-6-4-2/h9-11H,3-8H2,1-2H3. The molecule has 66 valence electrons. The molecule has 0 aliphatic carbocycles. The minimum atomic E-state index is 0.565. The molecule has 0 saturated carbocycles. The van der Waals surface area contributed by atoms with Gasteiger partial charge >= 0.3 is 0 Å². The lowest BCUT2D eigenvalue weighted by Gasteiger charge is -2.08. The average molecular weight is 155 g/mol. The summed E-state index contributed by atoms with van der Waals surface area (Å²) in [4.78, 5) is 0. The van der Waals surface area contributed by atoms with E-state index >= 15 is 0 Å². The second-order valence-corrected chi connectivity index (χ2v) is 3.21. The molecule has 1 N–H and O–H groups in total. The molecule has 0 fully saturated rings. The summed E-state index contributed by atoms with van der Waals surface area (Å²) in [6, 6.07) is 0. The molecule has 0 aromatic heterocycles. The Balaban J connectivity index is 3.33. The summed E-state index contributed by atoms with van der Waals surface area (Å²) in [5.41, 5.74) is 0. The molecule has 11 heavy (non-hydrogen) atoms. The number of rotatable bonds is 7. The maximum absolute atomic E-state index is 7.19. The van der Waals surface area contributed by atoms with Crippen molar-refractivity contribution in [1.82, 2.24) is 0 Å². The van der Waals surface area contributed by atoms with E-state index in [0.29, 0.717) is 5.92 Å². The summed E-state index contributed by atoms with van der Waals surface area (Å²) in [6.07, 6.45) is 9.16. The Morgan fingerprint density at radius 1 is 1.09 bits per heavy atom. The monoisotopic (exact) mass is 155 g/mol. The number of hydrogen-bond donors (Lipinski definition) is 1. The first-order valence-electron chi connectivity index (χ1n) is 4.85. The average Bonchev–Trinajstić information content (AvgIpc) is 2.05. The number of nitrogens with one attached hydrogen (secondary N) is 1. The van der Waals surface area contributed by atoms with E-state index in [-0.39, 0.29) is 0 Å². The van der Waals surface area contributed by atoms with Gasteiger partial charge < -0.3 is 5.41 Å². The highest BCUT2D eigenvalue weighted by atomic mass is 14.3. The van der Waals surface area contributed by atoms with Gasteiger partial charge in [0.1, 0.15) is 0 Å². The fourth-order valence-electron chi connectivity index (χ4n) is 1.24. The first-order chi connectivity index (χ1) is 5.35. The van der Waals surface area contributed by atoms with Crippen LogP contribution < -0.4 is 0 Å². The third-order valence-electron chi connectivity index (χ3n) is 2.09. The summed E-state index contributed by atoms with van der Waals surface area (Å²) in [5, 5.41) is 7.19. The SMILES string of the molecule is CCCCC(C=N)CCCC. The Hall–Kier alpha value is -0.330. The third-order valence-corrected chi connectivity index (χ3v) is 2.09. The second-order valence-electron chi connectivity index (χ2n) is 3.21. The van der Waals surface area contributed by atoms with Gasteiger partial charge in [0, 0.05) is 0 Å². The van der Waals surface area contributed by atoms with Crippen LogP contribution >= 0.6 is 0 Å². The van der Waals surface area contributed by atoms with Crippen LogP contribution in [0.25, 0.3) is 0 Å². The fourth-order valence-corrected chi connectivity index (χ4v) is 1.24.